The second-order valence-corrected chi connectivity index (χ2v) is 3.59. The largest absolute Gasteiger partial charge is 0.476 e. The van der Waals surface area contributed by atoms with Gasteiger partial charge in [-0.2, -0.15) is 0 Å². The van der Waals surface area contributed by atoms with Crippen molar-refractivity contribution in [1.29, 1.82) is 0 Å². The summed E-state index contributed by atoms with van der Waals surface area (Å²) in [5.74, 6) is -1.99. The molecule has 0 saturated carbocycles. The number of primary amides is 1. The van der Waals surface area contributed by atoms with Gasteiger partial charge in [-0.1, -0.05) is 0 Å². The van der Waals surface area contributed by atoms with E-state index in [0.717, 1.165) is 17.8 Å². The third-order valence-corrected chi connectivity index (χ3v) is 2.51. The maximum atomic E-state index is 11.1. The maximum absolute atomic E-state index is 11.1. The number of nitrogens with one attached hydrogen (secondary N) is 1. The van der Waals surface area contributed by atoms with Crippen LogP contribution in [-0.2, 0) is 13.0 Å². The van der Waals surface area contributed by atoms with E-state index in [1.165, 1.54) is 6.07 Å². The number of rotatable bonds is 2. The molecule has 1 aliphatic heterocycles. The zero-order valence-electron chi connectivity index (χ0n) is 8.49. The van der Waals surface area contributed by atoms with Gasteiger partial charge in [0.25, 0.3) is 5.91 Å². The first kappa shape index (κ1) is 10.6. The first-order chi connectivity index (χ1) is 7.59. The number of carbonyl (C=O) groups excluding carboxylic acids is 1. The minimum Gasteiger partial charge on any atom is -0.476 e. The molecule has 2 rings (SSSR count). The minimum absolute atomic E-state index is 0.0325. The second kappa shape index (κ2) is 3.90. The molecule has 6 nitrogen and oxygen atoms in total. The number of carbonyl (C=O) groups is 2. The fraction of sp³-hybridized carbons (Fsp3) is 0.300. The molecular formula is C10H11N3O3. The van der Waals surface area contributed by atoms with Gasteiger partial charge >= 0.3 is 5.97 Å². The van der Waals surface area contributed by atoms with E-state index in [9.17, 15) is 9.59 Å². The van der Waals surface area contributed by atoms with Crippen molar-refractivity contribution >= 4 is 11.9 Å². The van der Waals surface area contributed by atoms with Gasteiger partial charge < -0.3 is 16.2 Å². The molecule has 0 bridgehead atoms. The summed E-state index contributed by atoms with van der Waals surface area (Å²) in [7, 11) is 0. The number of hydrogen-bond donors (Lipinski definition) is 3. The highest BCUT2D eigenvalue weighted by Crippen LogP contribution is 2.16. The smallest absolute Gasteiger partial charge is 0.355 e. The van der Waals surface area contributed by atoms with Gasteiger partial charge in [-0.05, 0) is 11.6 Å². The van der Waals surface area contributed by atoms with Crippen LogP contribution >= 0.6 is 0 Å². The molecule has 4 N–H and O–H groups in total. The third-order valence-electron chi connectivity index (χ3n) is 2.51. The van der Waals surface area contributed by atoms with Gasteiger partial charge in [-0.3, -0.25) is 4.79 Å². The molecule has 6 heteroatoms. The summed E-state index contributed by atoms with van der Waals surface area (Å²) < 4.78 is 0. The molecule has 0 atom stereocenters. The number of carboxylic acid groups (broad SMARTS) is 1. The number of aromatic carboxylic acids is 1. The first-order valence-electron chi connectivity index (χ1n) is 4.86. The predicted molar refractivity (Wildman–Crippen MR) is 55.1 cm³/mol. The quantitative estimate of drug-likeness (QED) is 0.625. The molecule has 0 saturated heterocycles. The summed E-state index contributed by atoms with van der Waals surface area (Å²) in [5.41, 5.74) is 6.40. The summed E-state index contributed by atoms with van der Waals surface area (Å²) >= 11 is 0. The fourth-order valence-corrected chi connectivity index (χ4v) is 1.74. The summed E-state index contributed by atoms with van der Waals surface area (Å²) in [5, 5.41) is 12.0. The molecule has 16 heavy (non-hydrogen) atoms. The van der Waals surface area contributed by atoms with Gasteiger partial charge in [-0.25, -0.2) is 9.78 Å². The lowest BCUT2D eigenvalue weighted by molar-refractivity contribution is 0.0685. The Bertz CT molecular complexity index is 428. The summed E-state index contributed by atoms with van der Waals surface area (Å²) in [6, 6.07) is 1.51. The van der Waals surface area contributed by atoms with Crippen LogP contribution in [0.25, 0.3) is 0 Å². The minimum atomic E-state index is -1.23. The molecule has 1 aliphatic rings. The van der Waals surface area contributed by atoms with Crippen LogP contribution in [-0.4, -0.2) is 28.5 Å². The van der Waals surface area contributed by atoms with Crippen LogP contribution in [0.1, 0.15) is 32.1 Å². The number of fused-ring (bicyclic) bond motifs is 1. The van der Waals surface area contributed by atoms with Gasteiger partial charge in [0.1, 0.15) is 0 Å². The molecular weight excluding hydrogens is 210 g/mol. The zero-order valence-corrected chi connectivity index (χ0v) is 8.49. The van der Waals surface area contributed by atoms with E-state index in [-0.39, 0.29) is 11.3 Å². The van der Waals surface area contributed by atoms with E-state index in [4.69, 9.17) is 10.8 Å². The van der Waals surface area contributed by atoms with Crippen LogP contribution in [0.3, 0.4) is 0 Å². The van der Waals surface area contributed by atoms with Crippen molar-refractivity contribution in [3.63, 3.8) is 0 Å². The van der Waals surface area contributed by atoms with Gasteiger partial charge in [0.2, 0.25) is 0 Å². The number of amides is 1. The van der Waals surface area contributed by atoms with Crippen LogP contribution in [0.15, 0.2) is 6.07 Å². The third kappa shape index (κ3) is 1.74. The summed E-state index contributed by atoms with van der Waals surface area (Å²) in [6.45, 7) is 1.34. The van der Waals surface area contributed by atoms with Gasteiger partial charge in [-0.15, -0.1) is 0 Å². The van der Waals surface area contributed by atoms with E-state index in [2.05, 4.69) is 10.3 Å². The number of aromatic nitrogens is 1. The summed E-state index contributed by atoms with van der Waals surface area (Å²) in [6.07, 6.45) is 0.661. The van der Waals surface area contributed by atoms with E-state index < -0.39 is 11.9 Å². The van der Waals surface area contributed by atoms with E-state index >= 15 is 0 Å². The van der Waals surface area contributed by atoms with Crippen molar-refractivity contribution in [3.8, 4) is 0 Å². The Balaban J connectivity index is 2.59. The molecule has 0 spiro atoms. The standard InChI is InChI=1S/C10H11N3O3/c11-9(14)6-3-5-4-12-2-1-7(5)13-8(6)10(15)16/h3,12H,1-2,4H2,(H2,11,14)(H,15,16). The zero-order chi connectivity index (χ0) is 11.7. The highest BCUT2D eigenvalue weighted by molar-refractivity contribution is 6.03. The molecule has 0 aromatic carbocycles. The lowest BCUT2D eigenvalue weighted by atomic mass is 10.0. The number of pyridine rings is 1. The van der Waals surface area contributed by atoms with Crippen LogP contribution < -0.4 is 11.1 Å². The Morgan fingerprint density at radius 2 is 2.25 bits per heavy atom. The number of nitrogens with two attached hydrogens (primary N) is 1. The van der Waals surface area contributed by atoms with Crippen molar-refractivity contribution in [2.75, 3.05) is 6.54 Å². The van der Waals surface area contributed by atoms with Gasteiger partial charge in [0.05, 0.1) is 5.56 Å². The Hall–Kier alpha value is -1.95. The van der Waals surface area contributed by atoms with E-state index in [1.807, 2.05) is 0 Å². The summed E-state index contributed by atoms with van der Waals surface area (Å²) in [4.78, 5) is 26.0. The van der Waals surface area contributed by atoms with E-state index in [1.54, 1.807) is 0 Å². The Morgan fingerprint density at radius 3 is 2.88 bits per heavy atom. The van der Waals surface area contributed by atoms with Crippen LogP contribution in [0.2, 0.25) is 0 Å². The predicted octanol–water partition coefficient (Wildman–Crippen LogP) is -0.476. The molecule has 84 valence electrons. The number of carboxylic acids is 1. The Kier molecular flexibility index (Phi) is 2.57. The fourth-order valence-electron chi connectivity index (χ4n) is 1.74. The number of hydrogen-bond acceptors (Lipinski definition) is 4. The lowest BCUT2D eigenvalue weighted by Crippen LogP contribution is -2.27. The second-order valence-electron chi connectivity index (χ2n) is 3.59. The maximum Gasteiger partial charge on any atom is 0.355 e. The molecule has 1 aromatic rings. The van der Waals surface area contributed by atoms with Crippen molar-refractivity contribution in [2.45, 2.75) is 13.0 Å². The van der Waals surface area contributed by atoms with Gasteiger partial charge in [0, 0.05) is 25.2 Å². The molecule has 1 amide bonds. The highest BCUT2D eigenvalue weighted by Gasteiger charge is 2.21. The molecule has 1 aromatic heterocycles. The van der Waals surface area contributed by atoms with Crippen LogP contribution in [0, 0.1) is 0 Å². The van der Waals surface area contributed by atoms with Crippen molar-refractivity contribution in [1.82, 2.24) is 10.3 Å². The Morgan fingerprint density at radius 1 is 1.50 bits per heavy atom. The molecule has 2 heterocycles. The molecule has 0 aliphatic carbocycles. The highest BCUT2D eigenvalue weighted by atomic mass is 16.4. The van der Waals surface area contributed by atoms with Crippen molar-refractivity contribution < 1.29 is 14.7 Å². The Labute approximate surface area is 91.5 Å². The average molecular weight is 221 g/mol. The van der Waals surface area contributed by atoms with E-state index in [0.29, 0.717) is 13.0 Å². The SMILES string of the molecule is NC(=O)c1cc2c(nc1C(=O)O)CCNC2. The van der Waals surface area contributed by atoms with Crippen LogP contribution in [0.4, 0.5) is 0 Å². The topological polar surface area (TPSA) is 105 Å². The molecule has 0 fully saturated rings. The van der Waals surface area contributed by atoms with Crippen LogP contribution in [0.5, 0.6) is 0 Å². The van der Waals surface area contributed by atoms with Crippen molar-refractivity contribution in [3.05, 3.63) is 28.6 Å². The molecule has 0 radical (unpaired) electrons. The monoisotopic (exact) mass is 221 g/mol. The average Bonchev–Trinajstić information content (AvgIpc) is 2.27. The normalized spacial score (nSPS) is 14.2. The number of nitrogens with zero attached hydrogens (tertiary/aromatic N) is 1. The van der Waals surface area contributed by atoms with Crippen molar-refractivity contribution in [2.24, 2.45) is 5.73 Å². The first-order valence-corrected chi connectivity index (χ1v) is 4.86. The van der Waals surface area contributed by atoms with Gasteiger partial charge in [0.15, 0.2) is 5.69 Å². The lowest BCUT2D eigenvalue weighted by Gasteiger charge is -2.17. The molecule has 0 unspecified atom stereocenters.